The lowest BCUT2D eigenvalue weighted by atomic mass is 10.3. The Morgan fingerprint density at radius 1 is 1.64 bits per heavy atom. The zero-order chi connectivity index (χ0) is 10.6. The van der Waals surface area contributed by atoms with Gasteiger partial charge in [0, 0.05) is 0 Å². The fraction of sp³-hybridized carbons (Fsp3) is 0.400. The SMILES string of the molecule is CCC(C)OC(=O)c1cccc(F)n1. The third-order valence-corrected chi connectivity index (χ3v) is 1.81. The molecule has 1 rings (SSSR count). The fourth-order valence-electron chi connectivity index (χ4n) is 0.848. The van der Waals surface area contributed by atoms with Crippen molar-refractivity contribution in [2.24, 2.45) is 0 Å². The van der Waals surface area contributed by atoms with Crippen LogP contribution in [-0.4, -0.2) is 17.1 Å². The van der Waals surface area contributed by atoms with Crippen LogP contribution in [0.1, 0.15) is 30.8 Å². The van der Waals surface area contributed by atoms with Gasteiger partial charge in [-0.1, -0.05) is 13.0 Å². The Hall–Kier alpha value is -1.45. The first-order chi connectivity index (χ1) is 6.63. The topological polar surface area (TPSA) is 39.2 Å². The van der Waals surface area contributed by atoms with E-state index in [-0.39, 0.29) is 11.8 Å². The van der Waals surface area contributed by atoms with Gasteiger partial charge in [-0.2, -0.15) is 4.39 Å². The molecule has 1 heterocycles. The summed E-state index contributed by atoms with van der Waals surface area (Å²) in [6, 6.07) is 4.03. The molecule has 1 aromatic heterocycles. The molecular weight excluding hydrogens is 185 g/mol. The van der Waals surface area contributed by atoms with Gasteiger partial charge in [0.2, 0.25) is 5.95 Å². The Labute approximate surface area is 81.9 Å². The number of halogens is 1. The molecule has 0 aliphatic heterocycles. The summed E-state index contributed by atoms with van der Waals surface area (Å²) < 4.78 is 17.6. The normalized spacial score (nSPS) is 12.2. The highest BCUT2D eigenvalue weighted by atomic mass is 19.1. The average molecular weight is 197 g/mol. The highest BCUT2D eigenvalue weighted by Gasteiger charge is 2.12. The van der Waals surface area contributed by atoms with Crippen LogP contribution in [-0.2, 0) is 4.74 Å². The van der Waals surface area contributed by atoms with Crippen molar-refractivity contribution < 1.29 is 13.9 Å². The molecule has 0 radical (unpaired) electrons. The second-order valence-corrected chi connectivity index (χ2v) is 2.97. The summed E-state index contributed by atoms with van der Waals surface area (Å²) in [5, 5.41) is 0. The minimum absolute atomic E-state index is 0.00491. The zero-order valence-corrected chi connectivity index (χ0v) is 8.16. The molecule has 0 saturated heterocycles. The number of hydrogen-bond acceptors (Lipinski definition) is 3. The molecule has 0 aromatic carbocycles. The first kappa shape index (κ1) is 10.6. The van der Waals surface area contributed by atoms with Gasteiger partial charge in [0.25, 0.3) is 0 Å². The maximum absolute atomic E-state index is 12.6. The molecule has 0 bridgehead atoms. The average Bonchev–Trinajstić information content (AvgIpc) is 2.17. The van der Waals surface area contributed by atoms with Crippen LogP contribution in [0.5, 0.6) is 0 Å². The van der Waals surface area contributed by atoms with Crippen LogP contribution in [0.25, 0.3) is 0 Å². The maximum atomic E-state index is 12.6. The van der Waals surface area contributed by atoms with Crippen molar-refractivity contribution in [1.82, 2.24) is 4.98 Å². The van der Waals surface area contributed by atoms with Crippen molar-refractivity contribution in [3.05, 3.63) is 29.8 Å². The third-order valence-electron chi connectivity index (χ3n) is 1.81. The van der Waals surface area contributed by atoms with E-state index < -0.39 is 11.9 Å². The van der Waals surface area contributed by atoms with Gasteiger partial charge < -0.3 is 4.74 Å². The Bertz CT molecular complexity index is 328. The first-order valence-electron chi connectivity index (χ1n) is 4.47. The van der Waals surface area contributed by atoms with Gasteiger partial charge >= 0.3 is 5.97 Å². The number of ether oxygens (including phenoxy) is 1. The van der Waals surface area contributed by atoms with Crippen LogP contribution in [0.15, 0.2) is 18.2 Å². The van der Waals surface area contributed by atoms with Gasteiger partial charge in [0.15, 0.2) is 5.69 Å². The van der Waals surface area contributed by atoms with Gasteiger partial charge in [-0.15, -0.1) is 0 Å². The summed E-state index contributed by atoms with van der Waals surface area (Å²) in [5.41, 5.74) is 0.00491. The summed E-state index contributed by atoms with van der Waals surface area (Å²) in [5.74, 6) is -1.26. The first-order valence-corrected chi connectivity index (χ1v) is 4.47. The second-order valence-electron chi connectivity index (χ2n) is 2.97. The Kier molecular flexibility index (Phi) is 3.56. The van der Waals surface area contributed by atoms with Gasteiger partial charge in [-0.05, 0) is 25.5 Å². The lowest BCUT2D eigenvalue weighted by molar-refractivity contribution is 0.0326. The molecule has 1 atom stereocenters. The molecule has 0 aliphatic carbocycles. The molecule has 1 unspecified atom stereocenters. The van der Waals surface area contributed by atoms with Crippen molar-refractivity contribution in [3.8, 4) is 0 Å². The van der Waals surface area contributed by atoms with Crippen LogP contribution in [0.4, 0.5) is 4.39 Å². The molecular formula is C10H12FNO2. The molecule has 14 heavy (non-hydrogen) atoms. The summed E-state index contributed by atoms with van der Waals surface area (Å²) >= 11 is 0. The summed E-state index contributed by atoms with van der Waals surface area (Å²) in [7, 11) is 0. The largest absolute Gasteiger partial charge is 0.458 e. The van der Waals surface area contributed by atoms with E-state index in [1.54, 1.807) is 6.92 Å². The van der Waals surface area contributed by atoms with E-state index in [1.165, 1.54) is 18.2 Å². The molecule has 3 nitrogen and oxygen atoms in total. The molecule has 0 N–H and O–H groups in total. The van der Waals surface area contributed by atoms with Gasteiger partial charge in [0.1, 0.15) is 0 Å². The third kappa shape index (κ3) is 2.80. The second kappa shape index (κ2) is 4.69. The minimum atomic E-state index is -0.677. The molecule has 76 valence electrons. The summed E-state index contributed by atoms with van der Waals surface area (Å²) in [4.78, 5) is 14.7. The number of carbonyl (C=O) groups excluding carboxylic acids is 1. The monoisotopic (exact) mass is 197 g/mol. The predicted octanol–water partition coefficient (Wildman–Crippen LogP) is 2.18. The molecule has 0 spiro atoms. The zero-order valence-electron chi connectivity index (χ0n) is 8.16. The Morgan fingerprint density at radius 3 is 2.93 bits per heavy atom. The number of aromatic nitrogens is 1. The van der Waals surface area contributed by atoms with Crippen LogP contribution >= 0.6 is 0 Å². The van der Waals surface area contributed by atoms with Gasteiger partial charge in [0.05, 0.1) is 6.10 Å². The minimum Gasteiger partial charge on any atom is -0.458 e. The van der Waals surface area contributed by atoms with E-state index in [0.29, 0.717) is 0 Å². The number of hydrogen-bond donors (Lipinski definition) is 0. The lowest BCUT2D eigenvalue weighted by Gasteiger charge is -2.09. The van der Waals surface area contributed by atoms with Crippen molar-refractivity contribution in [3.63, 3.8) is 0 Å². The van der Waals surface area contributed by atoms with E-state index in [1.807, 2.05) is 6.92 Å². The number of esters is 1. The molecule has 4 heteroatoms. The Morgan fingerprint density at radius 2 is 2.36 bits per heavy atom. The van der Waals surface area contributed by atoms with E-state index >= 15 is 0 Å². The highest BCUT2D eigenvalue weighted by molar-refractivity contribution is 5.87. The van der Waals surface area contributed by atoms with Gasteiger partial charge in [-0.3, -0.25) is 0 Å². The van der Waals surface area contributed by atoms with E-state index in [2.05, 4.69) is 4.98 Å². The van der Waals surface area contributed by atoms with E-state index in [9.17, 15) is 9.18 Å². The number of pyridine rings is 1. The lowest BCUT2D eigenvalue weighted by Crippen LogP contribution is -2.15. The van der Waals surface area contributed by atoms with Gasteiger partial charge in [-0.25, -0.2) is 9.78 Å². The summed E-state index contributed by atoms with van der Waals surface area (Å²) in [6.45, 7) is 3.67. The molecule has 0 fully saturated rings. The smallest absolute Gasteiger partial charge is 0.357 e. The van der Waals surface area contributed by atoms with Crippen LogP contribution in [0, 0.1) is 5.95 Å². The molecule has 1 aromatic rings. The van der Waals surface area contributed by atoms with Crippen LogP contribution < -0.4 is 0 Å². The molecule has 0 amide bonds. The van der Waals surface area contributed by atoms with Crippen molar-refractivity contribution >= 4 is 5.97 Å². The van der Waals surface area contributed by atoms with Crippen LogP contribution in [0.2, 0.25) is 0 Å². The highest BCUT2D eigenvalue weighted by Crippen LogP contribution is 2.04. The quantitative estimate of drug-likeness (QED) is 0.550. The maximum Gasteiger partial charge on any atom is 0.357 e. The predicted molar refractivity (Wildman–Crippen MR) is 49.4 cm³/mol. The molecule has 0 saturated carbocycles. The number of nitrogens with zero attached hydrogens (tertiary/aromatic N) is 1. The number of carbonyl (C=O) groups is 1. The standard InChI is InChI=1S/C10H12FNO2/c1-3-7(2)14-10(13)8-5-4-6-9(11)12-8/h4-7H,3H2,1-2H3. The van der Waals surface area contributed by atoms with Crippen molar-refractivity contribution in [1.29, 1.82) is 0 Å². The Balaban J connectivity index is 2.70. The van der Waals surface area contributed by atoms with E-state index in [4.69, 9.17) is 4.74 Å². The number of rotatable bonds is 3. The van der Waals surface area contributed by atoms with Crippen molar-refractivity contribution in [2.75, 3.05) is 0 Å². The van der Waals surface area contributed by atoms with Crippen LogP contribution in [0.3, 0.4) is 0 Å². The molecule has 0 aliphatic rings. The van der Waals surface area contributed by atoms with Crippen molar-refractivity contribution in [2.45, 2.75) is 26.4 Å². The summed E-state index contributed by atoms with van der Waals surface area (Å²) in [6.07, 6.45) is 0.550. The fourth-order valence-corrected chi connectivity index (χ4v) is 0.848. The van der Waals surface area contributed by atoms with E-state index in [0.717, 1.165) is 6.42 Å².